The molecular formula is C15H16N2O4. The van der Waals surface area contributed by atoms with Crippen LogP contribution in [0.3, 0.4) is 0 Å². The monoisotopic (exact) mass is 288 g/mol. The molecule has 0 saturated heterocycles. The Bertz CT molecular complexity index is 690. The van der Waals surface area contributed by atoms with Crippen molar-refractivity contribution in [3.05, 3.63) is 36.0 Å². The minimum absolute atomic E-state index is 0.296. The summed E-state index contributed by atoms with van der Waals surface area (Å²) in [7, 11) is 0. The van der Waals surface area contributed by atoms with Crippen molar-refractivity contribution in [2.45, 2.75) is 19.9 Å². The molecule has 1 amide bonds. The fourth-order valence-corrected chi connectivity index (χ4v) is 2.01. The summed E-state index contributed by atoms with van der Waals surface area (Å²) < 4.78 is 4.92. The van der Waals surface area contributed by atoms with Crippen molar-refractivity contribution in [1.82, 2.24) is 10.3 Å². The molecule has 0 aliphatic heterocycles. The Morgan fingerprint density at radius 2 is 2.00 bits per heavy atom. The average molecular weight is 288 g/mol. The van der Waals surface area contributed by atoms with Gasteiger partial charge in [0.2, 0.25) is 11.7 Å². The van der Waals surface area contributed by atoms with E-state index in [1.807, 2.05) is 24.3 Å². The molecule has 1 aromatic heterocycles. The molecule has 6 nitrogen and oxygen atoms in total. The molecule has 1 aromatic carbocycles. The van der Waals surface area contributed by atoms with E-state index in [0.29, 0.717) is 5.56 Å². The molecule has 21 heavy (non-hydrogen) atoms. The molecule has 0 spiro atoms. The van der Waals surface area contributed by atoms with Crippen LogP contribution in [-0.2, 0) is 14.3 Å². The minimum Gasteiger partial charge on any atom is -0.456 e. The first-order valence-corrected chi connectivity index (χ1v) is 6.52. The number of aromatic amines is 1. The van der Waals surface area contributed by atoms with Gasteiger partial charge in [0.05, 0.1) is 0 Å². The summed E-state index contributed by atoms with van der Waals surface area (Å²) in [6.45, 7) is 2.45. The van der Waals surface area contributed by atoms with Gasteiger partial charge in [-0.25, -0.2) is 4.79 Å². The van der Waals surface area contributed by atoms with E-state index < -0.39 is 12.0 Å². The minimum atomic E-state index is -0.779. The Morgan fingerprint density at radius 3 is 2.71 bits per heavy atom. The van der Waals surface area contributed by atoms with E-state index in [-0.39, 0.29) is 18.3 Å². The molecule has 2 rings (SSSR count). The molecular weight excluding hydrogens is 272 g/mol. The first kappa shape index (κ1) is 14.8. The molecule has 0 aliphatic rings. The lowest BCUT2D eigenvalue weighted by atomic mass is 10.1. The number of rotatable bonds is 5. The van der Waals surface area contributed by atoms with Gasteiger partial charge in [-0.2, -0.15) is 0 Å². The Hall–Kier alpha value is -2.63. The Kier molecular flexibility index (Phi) is 4.37. The van der Waals surface area contributed by atoms with Crippen molar-refractivity contribution in [2.24, 2.45) is 0 Å². The van der Waals surface area contributed by atoms with Crippen molar-refractivity contribution in [3.63, 3.8) is 0 Å². The van der Waals surface area contributed by atoms with Gasteiger partial charge in [0.1, 0.15) is 6.04 Å². The van der Waals surface area contributed by atoms with Crippen molar-refractivity contribution in [1.29, 1.82) is 0 Å². The highest BCUT2D eigenvalue weighted by Gasteiger charge is 2.18. The van der Waals surface area contributed by atoms with E-state index in [1.165, 1.54) is 13.8 Å². The molecule has 1 atom stereocenters. The third kappa shape index (κ3) is 3.47. The van der Waals surface area contributed by atoms with E-state index in [0.717, 1.165) is 10.9 Å². The summed E-state index contributed by atoms with van der Waals surface area (Å²) >= 11 is 0. The standard InChI is InChI=1S/C15H16N2O4/c1-9(17-10(2)18)15(20)21-8-14(19)12-7-16-13-6-4-3-5-11(12)13/h3-7,9,16H,8H2,1-2H3,(H,17,18). The second-order valence-corrected chi connectivity index (χ2v) is 4.70. The van der Waals surface area contributed by atoms with Crippen molar-refractivity contribution in [3.8, 4) is 0 Å². The van der Waals surface area contributed by atoms with Crippen LogP contribution in [0.15, 0.2) is 30.5 Å². The number of para-hydroxylation sites is 1. The lowest BCUT2D eigenvalue weighted by molar-refractivity contribution is -0.146. The molecule has 2 aromatic rings. The summed E-state index contributed by atoms with van der Waals surface area (Å²) in [6, 6.07) is 6.59. The number of nitrogens with one attached hydrogen (secondary N) is 2. The number of fused-ring (bicyclic) bond motifs is 1. The second kappa shape index (κ2) is 6.21. The zero-order chi connectivity index (χ0) is 15.4. The van der Waals surface area contributed by atoms with Gasteiger partial charge in [-0.15, -0.1) is 0 Å². The lowest BCUT2D eigenvalue weighted by Crippen LogP contribution is -2.38. The normalized spacial score (nSPS) is 11.9. The van der Waals surface area contributed by atoms with Crippen LogP contribution < -0.4 is 5.32 Å². The zero-order valence-electron chi connectivity index (χ0n) is 11.8. The van der Waals surface area contributed by atoms with Crippen LogP contribution in [0.2, 0.25) is 0 Å². The summed E-state index contributed by atoms with van der Waals surface area (Å²) in [5, 5.41) is 3.19. The van der Waals surface area contributed by atoms with Gasteiger partial charge >= 0.3 is 5.97 Å². The fourth-order valence-electron chi connectivity index (χ4n) is 2.01. The highest BCUT2D eigenvalue weighted by molar-refractivity contribution is 6.08. The Morgan fingerprint density at radius 1 is 1.29 bits per heavy atom. The van der Waals surface area contributed by atoms with Crippen LogP contribution in [0.4, 0.5) is 0 Å². The average Bonchev–Trinajstić information content (AvgIpc) is 2.87. The quantitative estimate of drug-likeness (QED) is 0.643. The summed E-state index contributed by atoms with van der Waals surface area (Å²) in [4.78, 5) is 37.5. The third-order valence-corrected chi connectivity index (χ3v) is 3.01. The molecule has 1 unspecified atom stereocenters. The van der Waals surface area contributed by atoms with Crippen LogP contribution >= 0.6 is 0 Å². The van der Waals surface area contributed by atoms with Crippen LogP contribution in [0.25, 0.3) is 10.9 Å². The number of Topliss-reactive ketones (excluding diaryl/α,β-unsaturated/α-hetero) is 1. The molecule has 0 bridgehead atoms. The van der Waals surface area contributed by atoms with E-state index in [2.05, 4.69) is 10.3 Å². The molecule has 1 heterocycles. The first-order valence-electron chi connectivity index (χ1n) is 6.52. The van der Waals surface area contributed by atoms with Crippen LogP contribution in [0, 0.1) is 0 Å². The van der Waals surface area contributed by atoms with Crippen molar-refractivity contribution in [2.75, 3.05) is 6.61 Å². The van der Waals surface area contributed by atoms with Gasteiger partial charge in [-0.1, -0.05) is 18.2 Å². The maximum absolute atomic E-state index is 12.1. The Labute approximate surface area is 121 Å². The number of hydrogen-bond acceptors (Lipinski definition) is 4. The zero-order valence-corrected chi connectivity index (χ0v) is 11.8. The number of H-pyrrole nitrogens is 1. The van der Waals surface area contributed by atoms with Gasteiger partial charge in [-0.05, 0) is 13.0 Å². The van der Waals surface area contributed by atoms with Gasteiger partial charge < -0.3 is 15.0 Å². The molecule has 110 valence electrons. The Balaban J connectivity index is 1.99. The number of ether oxygens (including phenoxy) is 1. The van der Waals surface area contributed by atoms with E-state index in [1.54, 1.807) is 6.20 Å². The molecule has 2 N–H and O–H groups in total. The molecule has 0 radical (unpaired) electrons. The number of hydrogen-bond donors (Lipinski definition) is 2. The van der Waals surface area contributed by atoms with Crippen molar-refractivity contribution >= 4 is 28.6 Å². The predicted molar refractivity (Wildman–Crippen MR) is 76.9 cm³/mol. The van der Waals surface area contributed by atoms with Gasteiger partial charge in [-0.3, -0.25) is 9.59 Å². The SMILES string of the molecule is CC(=O)NC(C)C(=O)OCC(=O)c1c[nH]c2ccccc12. The number of amides is 1. The fraction of sp³-hybridized carbons (Fsp3) is 0.267. The molecule has 0 saturated carbocycles. The number of esters is 1. The van der Waals surface area contributed by atoms with Gasteiger partial charge in [0, 0.05) is 29.6 Å². The van der Waals surface area contributed by atoms with Crippen LogP contribution in [0.1, 0.15) is 24.2 Å². The predicted octanol–water partition coefficient (Wildman–Crippen LogP) is 1.42. The first-order chi connectivity index (χ1) is 9.99. The van der Waals surface area contributed by atoms with Gasteiger partial charge in [0.15, 0.2) is 6.61 Å². The highest BCUT2D eigenvalue weighted by atomic mass is 16.5. The molecule has 0 fully saturated rings. The van der Waals surface area contributed by atoms with Gasteiger partial charge in [0.25, 0.3) is 0 Å². The summed E-state index contributed by atoms with van der Waals surface area (Å²) in [5.74, 6) is -1.27. The number of aromatic nitrogens is 1. The van der Waals surface area contributed by atoms with E-state index in [9.17, 15) is 14.4 Å². The van der Waals surface area contributed by atoms with E-state index >= 15 is 0 Å². The topological polar surface area (TPSA) is 88.3 Å². The number of carbonyl (C=O) groups is 3. The number of ketones is 1. The maximum Gasteiger partial charge on any atom is 0.328 e. The van der Waals surface area contributed by atoms with Crippen LogP contribution in [-0.4, -0.2) is 35.3 Å². The smallest absolute Gasteiger partial charge is 0.328 e. The maximum atomic E-state index is 12.1. The summed E-state index contributed by atoms with van der Waals surface area (Å²) in [5.41, 5.74) is 1.32. The molecule has 0 aliphatic carbocycles. The summed E-state index contributed by atoms with van der Waals surface area (Å²) in [6.07, 6.45) is 1.60. The van der Waals surface area contributed by atoms with Crippen LogP contribution in [0.5, 0.6) is 0 Å². The molecule has 6 heteroatoms. The largest absolute Gasteiger partial charge is 0.456 e. The third-order valence-electron chi connectivity index (χ3n) is 3.01. The number of benzene rings is 1. The van der Waals surface area contributed by atoms with E-state index in [4.69, 9.17) is 4.74 Å². The van der Waals surface area contributed by atoms with Crippen molar-refractivity contribution < 1.29 is 19.1 Å². The highest BCUT2D eigenvalue weighted by Crippen LogP contribution is 2.18. The second-order valence-electron chi connectivity index (χ2n) is 4.70. The number of carbonyl (C=O) groups excluding carboxylic acids is 3. The lowest BCUT2D eigenvalue weighted by Gasteiger charge is -2.11.